The van der Waals surface area contributed by atoms with Crippen LogP contribution in [0, 0.1) is 13.8 Å². The van der Waals surface area contributed by atoms with Gasteiger partial charge in [0, 0.05) is 12.6 Å². The number of ether oxygens (including phenoxy) is 1. The van der Waals surface area contributed by atoms with Crippen LogP contribution in [0.1, 0.15) is 57.2 Å². The van der Waals surface area contributed by atoms with Gasteiger partial charge in [-0.25, -0.2) is 8.42 Å². The molecule has 0 aliphatic heterocycles. The average molecular weight is 594 g/mol. The fraction of sp³-hybridized carbons (Fsp3) is 0.394. The zero-order chi connectivity index (χ0) is 30.9. The maximum absolute atomic E-state index is 14.2. The number of carbonyl (C=O) groups is 2. The van der Waals surface area contributed by atoms with E-state index < -0.39 is 28.5 Å². The van der Waals surface area contributed by atoms with E-state index in [4.69, 9.17) is 4.74 Å². The van der Waals surface area contributed by atoms with Crippen LogP contribution < -0.4 is 14.4 Å². The minimum absolute atomic E-state index is 0.0333. The number of anilines is 1. The molecular formula is C33H43N3O5S. The third-order valence-corrected chi connectivity index (χ3v) is 8.97. The highest BCUT2D eigenvalue weighted by molar-refractivity contribution is 7.92. The van der Waals surface area contributed by atoms with Crippen molar-refractivity contribution in [2.75, 3.05) is 17.5 Å². The Morgan fingerprint density at radius 1 is 0.833 bits per heavy atom. The minimum Gasteiger partial charge on any atom is -0.494 e. The summed E-state index contributed by atoms with van der Waals surface area (Å²) in [6.07, 6.45) is 1.12. The monoisotopic (exact) mass is 593 g/mol. The third kappa shape index (κ3) is 8.35. The van der Waals surface area contributed by atoms with E-state index in [2.05, 4.69) is 5.32 Å². The van der Waals surface area contributed by atoms with Crippen LogP contribution in [-0.4, -0.2) is 50.4 Å². The molecule has 42 heavy (non-hydrogen) atoms. The lowest BCUT2D eigenvalue weighted by atomic mass is 10.1. The Labute approximate surface area is 250 Å². The summed E-state index contributed by atoms with van der Waals surface area (Å²) in [6.45, 7) is 11.6. The molecule has 9 heteroatoms. The molecule has 2 amide bonds. The van der Waals surface area contributed by atoms with Crippen LogP contribution in [0.15, 0.2) is 77.7 Å². The molecule has 226 valence electrons. The molecule has 3 rings (SSSR count). The number of nitrogens with one attached hydrogen (secondary N) is 1. The number of amides is 2. The zero-order valence-electron chi connectivity index (χ0n) is 25.5. The van der Waals surface area contributed by atoms with E-state index in [0.29, 0.717) is 24.5 Å². The molecular weight excluding hydrogens is 550 g/mol. The molecule has 2 atom stereocenters. The van der Waals surface area contributed by atoms with Crippen LogP contribution in [0.25, 0.3) is 0 Å². The molecule has 3 aromatic carbocycles. The lowest BCUT2D eigenvalue weighted by molar-refractivity contribution is -0.140. The topological polar surface area (TPSA) is 96.0 Å². The summed E-state index contributed by atoms with van der Waals surface area (Å²) in [5.41, 5.74) is 3.23. The van der Waals surface area contributed by atoms with Crippen molar-refractivity contribution in [2.45, 2.75) is 77.9 Å². The zero-order valence-corrected chi connectivity index (χ0v) is 26.3. The summed E-state index contributed by atoms with van der Waals surface area (Å²) in [7, 11) is -4.15. The first-order valence-electron chi connectivity index (χ1n) is 14.5. The van der Waals surface area contributed by atoms with Gasteiger partial charge in [-0.3, -0.25) is 13.9 Å². The number of hydrogen-bond acceptors (Lipinski definition) is 5. The van der Waals surface area contributed by atoms with Crippen molar-refractivity contribution in [1.29, 1.82) is 0 Å². The normalized spacial score (nSPS) is 12.7. The summed E-state index contributed by atoms with van der Waals surface area (Å²) in [5, 5.41) is 3.00. The first-order chi connectivity index (χ1) is 20.0. The van der Waals surface area contributed by atoms with E-state index in [1.54, 1.807) is 36.4 Å². The Hall–Kier alpha value is -3.85. The summed E-state index contributed by atoms with van der Waals surface area (Å²) in [5.74, 6) is -0.183. The number of rotatable bonds is 14. The number of sulfonamides is 1. The van der Waals surface area contributed by atoms with Crippen molar-refractivity contribution < 1.29 is 22.7 Å². The Bertz CT molecular complexity index is 1420. The predicted molar refractivity (Wildman–Crippen MR) is 167 cm³/mol. The van der Waals surface area contributed by atoms with Crippen LogP contribution in [-0.2, 0) is 26.2 Å². The van der Waals surface area contributed by atoms with Crippen molar-refractivity contribution in [2.24, 2.45) is 0 Å². The Balaban J connectivity index is 2.04. The SMILES string of the molecule is CCOc1ccc(S(=O)(=O)N(CC(=O)N(Cc2ccc(C)cc2)[C@H](CC)C(=O)N[C@@H](C)CC)c2ccc(C)cc2)cc1. The molecule has 0 heterocycles. The minimum atomic E-state index is -4.15. The van der Waals surface area contributed by atoms with E-state index >= 15 is 0 Å². The number of nitrogens with zero attached hydrogens (tertiary/aromatic N) is 2. The van der Waals surface area contributed by atoms with Crippen LogP contribution in [0.4, 0.5) is 5.69 Å². The first-order valence-corrected chi connectivity index (χ1v) is 15.9. The molecule has 0 aromatic heterocycles. The number of benzene rings is 3. The maximum atomic E-state index is 14.2. The molecule has 8 nitrogen and oxygen atoms in total. The van der Waals surface area contributed by atoms with Gasteiger partial charge in [0.15, 0.2) is 0 Å². The van der Waals surface area contributed by atoms with Gasteiger partial charge < -0.3 is 15.0 Å². The van der Waals surface area contributed by atoms with Gasteiger partial charge in [-0.15, -0.1) is 0 Å². The molecule has 0 radical (unpaired) electrons. The lowest BCUT2D eigenvalue weighted by Crippen LogP contribution is -2.53. The lowest BCUT2D eigenvalue weighted by Gasteiger charge is -2.33. The average Bonchev–Trinajstić information content (AvgIpc) is 2.97. The predicted octanol–water partition coefficient (Wildman–Crippen LogP) is 5.62. The first kappa shape index (κ1) is 32.7. The fourth-order valence-electron chi connectivity index (χ4n) is 4.49. The number of aryl methyl sites for hydroxylation is 2. The highest BCUT2D eigenvalue weighted by atomic mass is 32.2. The summed E-state index contributed by atoms with van der Waals surface area (Å²) < 4.78 is 34.7. The van der Waals surface area contributed by atoms with Crippen molar-refractivity contribution in [1.82, 2.24) is 10.2 Å². The summed E-state index contributed by atoms with van der Waals surface area (Å²) in [6, 6.07) is 20.0. The third-order valence-electron chi connectivity index (χ3n) is 7.18. The van der Waals surface area contributed by atoms with Gasteiger partial charge in [-0.2, -0.15) is 0 Å². The van der Waals surface area contributed by atoms with E-state index in [1.165, 1.54) is 17.0 Å². The molecule has 0 saturated carbocycles. The standard InChI is InChI=1S/C33H43N3O5S/c1-7-26(6)34-33(38)31(8-2)35(22-27-14-10-24(4)11-15-27)32(37)23-36(28-16-12-25(5)13-17-28)42(39,40)30-20-18-29(19-21-30)41-9-3/h10-21,26,31H,7-9,22-23H2,1-6H3,(H,34,38)/t26-,31+/m0/s1. The summed E-state index contributed by atoms with van der Waals surface area (Å²) in [4.78, 5) is 29.1. The second-order valence-corrected chi connectivity index (χ2v) is 12.4. The molecule has 0 fully saturated rings. The van der Waals surface area contributed by atoms with Crippen molar-refractivity contribution in [3.05, 3.63) is 89.5 Å². The molecule has 0 unspecified atom stereocenters. The van der Waals surface area contributed by atoms with E-state index in [9.17, 15) is 18.0 Å². The van der Waals surface area contributed by atoms with Crippen LogP contribution >= 0.6 is 0 Å². The molecule has 0 aliphatic rings. The number of carbonyl (C=O) groups excluding carboxylic acids is 2. The Morgan fingerprint density at radius 3 is 1.93 bits per heavy atom. The van der Waals surface area contributed by atoms with E-state index in [1.807, 2.05) is 65.8 Å². The number of hydrogen-bond donors (Lipinski definition) is 1. The Kier molecular flexibility index (Phi) is 11.6. The summed E-state index contributed by atoms with van der Waals surface area (Å²) >= 11 is 0. The van der Waals surface area contributed by atoms with Gasteiger partial charge in [-0.05, 0) is 82.5 Å². The molecule has 3 aromatic rings. The van der Waals surface area contributed by atoms with Gasteiger partial charge >= 0.3 is 0 Å². The van der Waals surface area contributed by atoms with Crippen molar-refractivity contribution >= 4 is 27.5 Å². The maximum Gasteiger partial charge on any atom is 0.264 e. The van der Waals surface area contributed by atoms with E-state index in [0.717, 1.165) is 27.4 Å². The van der Waals surface area contributed by atoms with Crippen LogP contribution in [0.2, 0.25) is 0 Å². The second-order valence-electron chi connectivity index (χ2n) is 10.5. The molecule has 0 spiro atoms. The van der Waals surface area contributed by atoms with Crippen molar-refractivity contribution in [3.8, 4) is 5.75 Å². The molecule has 0 saturated heterocycles. The largest absolute Gasteiger partial charge is 0.494 e. The van der Waals surface area contributed by atoms with Gasteiger partial charge in [0.25, 0.3) is 10.0 Å². The smallest absolute Gasteiger partial charge is 0.264 e. The molecule has 0 bridgehead atoms. The highest BCUT2D eigenvalue weighted by Gasteiger charge is 2.34. The second kappa shape index (κ2) is 14.9. The molecule has 1 N–H and O–H groups in total. The van der Waals surface area contributed by atoms with Crippen LogP contribution in [0.3, 0.4) is 0 Å². The molecule has 0 aliphatic carbocycles. The van der Waals surface area contributed by atoms with E-state index in [-0.39, 0.29) is 23.4 Å². The van der Waals surface area contributed by atoms with Gasteiger partial charge in [0.05, 0.1) is 17.2 Å². The van der Waals surface area contributed by atoms with Gasteiger partial charge in [-0.1, -0.05) is 61.4 Å². The Morgan fingerprint density at radius 2 is 1.40 bits per heavy atom. The highest BCUT2D eigenvalue weighted by Crippen LogP contribution is 2.26. The quantitative estimate of drug-likeness (QED) is 0.262. The van der Waals surface area contributed by atoms with Gasteiger partial charge in [0.1, 0.15) is 18.3 Å². The fourth-order valence-corrected chi connectivity index (χ4v) is 5.91. The van der Waals surface area contributed by atoms with Gasteiger partial charge in [0.2, 0.25) is 11.8 Å². The van der Waals surface area contributed by atoms with Crippen molar-refractivity contribution in [3.63, 3.8) is 0 Å². The van der Waals surface area contributed by atoms with Crippen LogP contribution in [0.5, 0.6) is 5.75 Å².